The third-order valence-corrected chi connectivity index (χ3v) is 14.2. The van der Waals surface area contributed by atoms with Crippen molar-refractivity contribution in [2.24, 2.45) is 0 Å². The lowest BCUT2D eigenvalue weighted by Crippen LogP contribution is -2.61. The Bertz CT molecular complexity index is 3160. The molecule has 0 saturated carbocycles. The summed E-state index contributed by atoms with van der Waals surface area (Å²) in [6, 6.07) is 37.1. The van der Waals surface area contributed by atoms with E-state index >= 15 is 0 Å². The minimum absolute atomic E-state index is 0.0105. The predicted octanol–water partition coefficient (Wildman–Crippen LogP) is 15.2. The van der Waals surface area contributed by atoms with Crippen molar-refractivity contribution in [3.63, 3.8) is 0 Å². The fourth-order valence-electron chi connectivity index (χ4n) is 10.7. The summed E-state index contributed by atoms with van der Waals surface area (Å²) in [6.45, 7) is 34.6. The van der Waals surface area contributed by atoms with Crippen molar-refractivity contribution >= 4 is 79.4 Å². The van der Waals surface area contributed by atoms with Crippen molar-refractivity contribution in [2.75, 3.05) is 9.80 Å². The molecule has 0 aliphatic carbocycles. The van der Waals surface area contributed by atoms with E-state index in [-0.39, 0.29) is 28.9 Å². The Hall–Kier alpha value is -5.94. The molecule has 4 nitrogen and oxygen atoms in total. The Morgan fingerprint density at radius 2 is 1.08 bits per heavy atom. The second-order valence-electron chi connectivity index (χ2n) is 22.3. The minimum Gasteiger partial charge on any atom is -0.464 e. The van der Waals surface area contributed by atoms with Crippen molar-refractivity contribution < 1.29 is 8.83 Å². The quantitative estimate of drug-likeness (QED) is 0.165. The molecule has 0 radical (unpaired) electrons. The van der Waals surface area contributed by atoms with Crippen LogP contribution in [0.3, 0.4) is 0 Å². The van der Waals surface area contributed by atoms with Crippen LogP contribution in [0.2, 0.25) is 0 Å². The van der Waals surface area contributed by atoms with Gasteiger partial charge in [0.05, 0.1) is 17.6 Å². The van der Waals surface area contributed by atoms with E-state index in [1.807, 2.05) is 12.3 Å². The van der Waals surface area contributed by atoms with Crippen LogP contribution in [0.4, 0.5) is 34.3 Å². The SMILES string of the molecule is Cc1cc(-c2coc3ccccc23)cc(C)c1N1c2ccc(C(C)(C)C)cc2B2c3c1cc(C(C)C)cc3N(c1c(C)cc(C(C)(C)C)cc1C)c1oc3ccc(C(C)(C)C)cc3c12. The number of aryl methyl sites for hydroxylation is 4. The summed E-state index contributed by atoms with van der Waals surface area (Å²) in [5.41, 5.74) is 24.1. The molecule has 0 bridgehead atoms. The van der Waals surface area contributed by atoms with E-state index in [2.05, 4.69) is 205 Å². The van der Waals surface area contributed by atoms with Gasteiger partial charge in [0.25, 0.3) is 6.71 Å². The van der Waals surface area contributed by atoms with Gasteiger partial charge in [0.1, 0.15) is 11.2 Å². The second-order valence-corrected chi connectivity index (χ2v) is 22.3. The van der Waals surface area contributed by atoms with E-state index in [1.54, 1.807) is 0 Å². The number of nitrogens with zero attached hydrogens (tertiary/aromatic N) is 2. The molecule has 2 aliphatic heterocycles. The number of para-hydroxylation sites is 1. The molecule has 0 atom stereocenters. The Labute approximate surface area is 381 Å². The number of hydrogen-bond donors (Lipinski definition) is 0. The fraction of sp³-hybridized carbons (Fsp3) is 0.322. The molecule has 2 aliphatic rings. The van der Waals surface area contributed by atoms with Gasteiger partial charge in [-0.3, -0.25) is 4.90 Å². The maximum absolute atomic E-state index is 7.33. The average Bonchev–Trinajstić information content (AvgIpc) is 3.82. The second kappa shape index (κ2) is 14.3. The van der Waals surface area contributed by atoms with E-state index in [1.165, 1.54) is 100 Å². The monoisotopic (exact) mass is 842 g/mol. The lowest BCUT2D eigenvalue weighted by Gasteiger charge is -2.44. The van der Waals surface area contributed by atoms with Gasteiger partial charge in [-0.2, -0.15) is 0 Å². The van der Waals surface area contributed by atoms with Crippen LogP contribution in [0, 0.1) is 27.7 Å². The standard InChI is InChI=1S/C59H63BN2O2/c1-33(2)38-28-48-53-49(29-38)62(55-36(5)26-42(27-37(55)6)59(13,14)15)56-52(44-30-40(57(7,8)9)21-23-51(44)64-56)60(53)46-31-41(58(10,11)12)20-22-47(46)61(48)54-34(3)24-39(25-35(54)4)45-32-63-50-19-17-16-18-43(45)50/h16-33H,1-15H3. The number of furan rings is 2. The van der Waals surface area contributed by atoms with Crippen molar-refractivity contribution in [2.45, 2.75) is 126 Å². The summed E-state index contributed by atoms with van der Waals surface area (Å²) in [5.74, 6) is 1.20. The molecular weight excluding hydrogens is 779 g/mol. The normalized spacial score (nSPS) is 13.9. The van der Waals surface area contributed by atoms with Crippen LogP contribution >= 0.6 is 0 Å². The molecule has 0 N–H and O–H groups in total. The molecule has 0 fully saturated rings. The van der Waals surface area contributed by atoms with Gasteiger partial charge in [-0.25, -0.2) is 0 Å². The topological polar surface area (TPSA) is 32.8 Å². The maximum atomic E-state index is 7.33. The zero-order valence-electron chi connectivity index (χ0n) is 40.7. The first-order chi connectivity index (χ1) is 30.1. The summed E-state index contributed by atoms with van der Waals surface area (Å²) in [4.78, 5) is 5.12. The summed E-state index contributed by atoms with van der Waals surface area (Å²) in [7, 11) is 0. The van der Waals surface area contributed by atoms with Crippen LogP contribution in [-0.2, 0) is 16.2 Å². The van der Waals surface area contributed by atoms with Crippen molar-refractivity contribution in [1.82, 2.24) is 0 Å². The highest BCUT2D eigenvalue weighted by Gasteiger charge is 2.48. The van der Waals surface area contributed by atoms with Gasteiger partial charge in [0.15, 0.2) is 0 Å². The first-order valence-electron chi connectivity index (χ1n) is 23.3. The van der Waals surface area contributed by atoms with Crippen LogP contribution in [0.15, 0.2) is 112 Å². The molecule has 0 amide bonds. The third-order valence-electron chi connectivity index (χ3n) is 14.2. The number of anilines is 6. The van der Waals surface area contributed by atoms with E-state index < -0.39 is 0 Å². The molecule has 64 heavy (non-hydrogen) atoms. The highest BCUT2D eigenvalue weighted by Crippen LogP contribution is 2.51. The van der Waals surface area contributed by atoms with E-state index in [9.17, 15) is 0 Å². The summed E-state index contributed by atoms with van der Waals surface area (Å²) in [5, 5.41) is 2.32. The molecule has 8 aromatic rings. The van der Waals surface area contributed by atoms with Gasteiger partial charge in [0, 0.05) is 38.9 Å². The Morgan fingerprint density at radius 1 is 0.516 bits per heavy atom. The number of benzene rings is 6. The summed E-state index contributed by atoms with van der Waals surface area (Å²) in [6.07, 6.45) is 1.92. The molecule has 324 valence electrons. The highest BCUT2D eigenvalue weighted by molar-refractivity contribution is 7.01. The van der Waals surface area contributed by atoms with Crippen LogP contribution in [0.5, 0.6) is 0 Å². The van der Waals surface area contributed by atoms with Crippen LogP contribution in [0.25, 0.3) is 33.1 Å². The molecular formula is C59H63BN2O2. The van der Waals surface area contributed by atoms with E-state index in [0.717, 1.165) is 28.0 Å². The zero-order chi connectivity index (χ0) is 45.5. The van der Waals surface area contributed by atoms with Gasteiger partial charge < -0.3 is 13.7 Å². The van der Waals surface area contributed by atoms with Crippen LogP contribution < -0.4 is 26.2 Å². The summed E-state index contributed by atoms with van der Waals surface area (Å²) >= 11 is 0. The molecule has 5 heteroatoms. The average molecular weight is 843 g/mol. The molecule has 2 aromatic heterocycles. The van der Waals surface area contributed by atoms with Gasteiger partial charge in [0.2, 0.25) is 5.88 Å². The lowest BCUT2D eigenvalue weighted by atomic mass is 9.33. The third kappa shape index (κ3) is 6.47. The highest BCUT2D eigenvalue weighted by atomic mass is 16.4. The zero-order valence-corrected chi connectivity index (χ0v) is 40.7. The molecule has 10 rings (SSSR count). The van der Waals surface area contributed by atoms with Crippen molar-refractivity contribution in [3.8, 4) is 11.1 Å². The molecule has 0 spiro atoms. The van der Waals surface area contributed by atoms with E-state index in [4.69, 9.17) is 8.83 Å². The van der Waals surface area contributed by atoms with Gasteiger partial charge in [-0.15, -0.1) is 0 Å². The summed E-state index contributed by atoms with van der Waals surface area (Å²) < 4.78 is 13.4. The van der Waals surface area contributed by atoms with Crippen LogP contribution in [-0.4, -0.2) is 6.71 Å². The molecule has 0 saturated heterocycles. The van der Waals surface area contributed by atoms with Crippen LogP contribution in [0.1, 0.15) is 127 Å². The fourth-order valence-corrected chi connectivity index (χ4v) is 10.7. The minimum atomic E-state index is -0.0749. The number of rotatable bonds is 4. The number of hydrogen-bond acceptors (Lipinski definition) is 4. The first-order valence-corrected chi connectivity index (χ1v) is 23.3. The largest absolute Gasteiger partial charge is 0.464 e. The number of fused-ring (bicyclic) bond motifs is 7. The van der Waals surface area contributed by atoms with Gasteiger partial charge in [-0.05, 0) is 159 Å². The van der Waals surface area contributed by atoms with E-state index in [0.29, 0.717) is 0 Å². The van der Waals surface area contributed by atoms with Crippen molar-refractivity contribution in [3.05, 3.63) is 148 Å². The Morgan fingerprint density at radius 3 is 1.70 bits per heavy atom. The smallest absolute Gasteiger partial charge is 0.257 e. The Kier molecular flexibility index (Phi) is 9.38. The Balaban J connectivity index is 1.33. The maximum Gasteiger partial charge on any atom is 0.257 e. The van der Waals surface area contributed by atoms with Gasteiger partial charge in [-0.1, -0.05) is 125 Å². The van der Waals surface area contributed by atoms with Crippen molar-refractivity contribution in [1.29, 1.82) is 0 Å². The molecule has 6 aromatic carbocycles. The molecule has 4 heterocycles. The van der Waals surface area contributed by atoms with Gasteiger partial charge >= 0.3 is 0 Å². The molecule has 0 unspecified atom stereocenters. The first kappa shape index (κ1) is 42.0. The lowest BCUT2D eigenvalue weighted by molar-refractivity contribution is 0.588. The predicted molar refractivity (Wildman–Crippen MR) is 275 cm³/mol.